The van der Waals surface area contributed by atoms with Gasteiger partial charge in [-0.15, -0.1) is 0 Å². The van der Waals surface area contributed by atoms with Crippen LogP contribution in [-0.2, 0) is 16.2 Å². The molecule has 1 saturated heterocycles. The van der Waals surface area contributed by atoms with Crippen molar-refractivity contribution < 1.29 is 28.2 Å². The van der Waals surface area contributed by atoms with E-state index in [1.165, 1.54) is 43.5 Å². The zero-order valence-corrected chi connectivity index (χ0v) is 18.6. The summed E-state index contributed by atoms with van der Waals surface area (Å²) in [4.78, 5) is 38.2. The smallest absolute Gasteiger partial charge is 0.336 e. The maximum atomic E-state index is 14.2. The summed E-state index contributed by atoms with van der Waals surface area (Å²) >= 11 is 6.40. The number of hydrogen-bond donors (Lipinski definition) is 1. The number of rotatable bonds is 6. The molecule has 0 radical (unpaired) electrons. The number of ether oxygens (including phenoxy) is 2. The van der Waals surface area contributed by atoms with Gasteiger partial charge in [-0.05, 0) is 41.5 Å². The van der Waals surface area contributed by atoms with Gasteiger partial charge in [0.2, 0.25) is 0 Å². The highest BCUT2D eigenvalue weighted by Crippen LogP contribution is 2.38. The van der Waals surface area contributed by atoms with Crippen LogP contribution in [0.2, 0.25) is 5.02 Å². The summed E-state index contributed by atoms with van der Waals surface area (Å²) in [7, 11) is 1.43. The molecule has 1 fully saturated rings. The van der Waals surface area contributed by atoms with Crippen molar-refractivity contribution in [2.75, 3.05) is 12.0 Å². The van der Waals surface area contributed by atoms with Crippen LogP contribution < -0.4 is 19.7 Å². The monoisotopic (exact) mass is 480 g/mol. The molecule has 3 aromatic rings. The number of imide groups is 2. The first-order chi connectivity index (χ1) is 16.4. The highest BCUT2D eigenvalue weighted by atomic mass is 35.5. The van der Waals surface area contributed by atoms with E-state index < -0.39 is 23.7 Å². The van der Waals surface area contributed by atoms with Crippen molar-refractivity contribution in [2.45, 2.75) is 6.61 Å². The third kappa shape index (κ3) is 4.62. The Morgan fingerprint density at radius 1 is 1.03 bits per heavy atom. The van der Waals surface area contributed by atoms with Gasteiger partial charge in [0.15, 0.2) is 11.5 Å². The average Bonchev–Trinajstić information content (AvgIpc) is 2.82. The molecule has 0 aliphatic carbocycles. The zero-order valence-electron chi connectivity index (χ0n) is 17.9. The first kappa shape index (κ1) is 23.0. The van der Waals surface area contributed by atoms with Gasteiger partial charge in [0.25, 0.3) is 11.8 Å². The molecule has 0 spiro atoms. The van der Waals surface area contributed by atoms with Crippen LogP contribution in [0.3, 0.4) is 0 Å². The minimum absolute atomic E-state index is 0.188. The van der Waals surface area contributed by atoms with Crippen LogP contribution >= 0.6 is 11.6 Å². The molecule has 0 bridgehead atoms. The van der Waals surface area contributed by atoms with E-state index in [1.807, 2.05) is 30.3 Å². The molecule has 34 heavy (non-hydrogen) atoms. The van der Waals surface area contributed by atoms with Gasteiger partial charge in [0.05, 0.1) is 17.8 Å². The predicted molar refractivity (Wildman–Crippen MR) is 124 cm³/mol. The molecule has 4 rings (SSSR count). The van der Waals surface area contributed by atoms with Gasteiger partial charge in [-0.25, -0.2) is 14.1 Å². The molecule has 0 aromatic heterocycles. The number of halogens is 2. The maximum Gasteiger partial charge on any atom is 0.336 e. The van der Waals surface area contributed by atoms with E-state index in [1.54, 1.807) is 0 Å². The second-order valence-electron chi connectivity index (χ2n) is 7.22. The second-order valence-corrected chi connectivity index (χ2v) is 7.62. The van der Waals surface area contributed by atoms with Gasteiger partial charge in [-0.1, -0.05) is 54.1 Å². The molecule has 1 aliphatic heterocycles. The summed E-state index contributed by atoms with van der Waals surface area (Å²) < 4.78 is 25.4. The standard InChI is InChI=1S/C25H18ClFN2O5/c1-33-21-13-16(12-18(26)22(21)34-14-15-7-3-2-4-8-15)11-17-23(30)28-25(32)29(24(17)31)20-10-6-5-9-19(20)27/h2-13H,14H2,1H3,(H,28,30,32)/b17-11-. The molecule has 172 valence electrons. The largest absolute Gasteiger partial charge is 0.493 e. The number of methoxy groups -OCH3 is 1. The number of hydrogen-bond acceptors (Lipinski definition) is 5. The van der Waals surface area contributed by atoms with E-state index in [0.29, 0.717) is 10.5 Å². The van der Waals surface area contributed by atoms with E-state index >= 15 is 0 Å². The Bertz CT molecular complexity index is 1310. The van der Waals surface area contributed by atoms with Gasteiger partial charge in [-0.2, -0.15) is 0 Å². The number of nitrogens with zero attached hydrogens (tertiary/aromatic N) is 1. The fourth-order valence-electron chi connectivity index (χ4n) is 3.37. The lowest BCUT2D eigenvalue weighted by Gasteiger charge is -2.26. The molecule has 0 saturated carbocycles. The molecule has 1 N–H and O–H groups in total. The van der Waals surface area contributed by atoms with Gasteiger partial charge >= 0.3 is 6.03 Å². The predicted octanol–water partition coefficient (Wildman–Crippen LogP) is 4.73. The first-order valence-corrected chi connectivity index (χ1v) is 10.5. The quantitative estimate of drug-likeness (QED) is 0.407. The Kier molecular flexibility index (Phi) is 6.60. The van der Waals surface area contributed by atoms with E-state index in [-0.39, 0.29) is 34.4 Å². The summed E-state index contributed by atoms with van der Waals surface area (Å²) in [5, 5.41) is 2.24. The number of anilines is 1. The highest BCUT2D eigenvalue weighted by molar-refractivity contribution is 6.39. The molecule has 3 aromatic carbocycles. The number of carbonyl (C=O) groups is 3. The molecule has 4 amide bonds. The number of barbiturate groups is 1. The average molecular weight is 481 g/mol. The lowest BCUT2D eigenvalue weighted by Crippen LogP contribution is -2.54. The number of carbonyl (C=O) groups excluding carboxylic acids is 3. The fraction of sp³-hybridized carbons (Fsp3) is 0.0800. The molecule has 9 heteroatoms. The van der Waals surface area contributed by atoms with Gasteiger partial charge in [-0.3, -0.25) is 14.9 Å². The van der Waals surface area contributed by atoms with Crippen molar-refractivity contribution in [1.29, 1.82) is 0 Å². The van der Waals surface area contributed by atoms with E-state index in [9.17, 15) is 18.8 Å². The molecule has 7 nitrogen and oxygen atoms in total. The summed E-state index contributed by atoms with van der Waals surface area (Å²) in [5.74, 6) is -2.11. The lowest BCUT2D eigenvalue weighted by molar-refractivity contribution is -0.122. The number of amides is 4. The fourth-order valence-corrected chi connectivity index (χ4v) is 3.64. The Morgan fingerprint density at radius 2 is 1.74 bits per heavy atom. The summed E-state index contributed by atoms with van der Waals surface area (Å²) in [6.45, 7) is 0.248. The minimum Gasteiger partial charge on any atom is -0.493 e. The van der Waals surface area contributed by atoms with E-state index in [4.69, 9.17) is 21.1 Å². The summed E-state index contributed by atoms with van der Waals surface area (Å²) in [6, 6.07) is 16.7. The van der Waals surface area contributed by atoms with Crippen molar-refractivity contribution in [3.63, 3.8) is 0 Å². The molecule has 0 atom stereocenters. The molecule has 1 heterocycles. The van der Waals surface area contributed by atoms with Crippen LogP contribution in [0, 0.1) is 5.82 Å². The van der Waals surface area contributed by atoms with Crippen LogP contribution in [-0.4, -0.2) is 25.0 Å². The Hall–Kier alpha value is -4.17. The molecular formula is C25H18ClFN2O5. The van der Waals surface area contributed by atoms with Crippen molar-refractivity contribution >= 4 is 41.2 Å². The van der Waals surface area contributed by atoms with Crippen LogP contribution in [0.1, 0.15) is 11.1 Å². The Balaban J connectivity index is 1.66. The minimum atomic E-state index is -1.04. The molecule has 1 aliphatic rings. The summed E-state index contributed by atoms with van der Waals surface area (Å²) in [6.07, 6.45) is 1.24. The van der Waals surface area contributed by atoms with Crippen molar-refractivity contribution in [2.24, 2.45) is 0 Å². The first-order valence-electron chi connectivity index (χ1n) is 10.1. The van der Waals surface area contributed by atoms with Crippen LogP contribution in [0.5, 0.6) is 11.5 Å². The van der Waals surface area contributed by atoms with Crippen molar-refractivity contribution in [3.05, 3.63) is 94.3 Å². The Morgan fingerprint density at radius 3 is 2.44 bits per heavy atom. The van der Waals surface area contributed by atoms with E-state index in [2.05, 4.69) is 5.32 Å². The van der Waals surface area contributed by atoms with Crippen LogP contribution in [0.25, 0.3) is 6.08 Å². The topological polar surface area (TPSA) is 84.9 Å². The maximum absolute atomic E-state index is 14.2. The van der Waals surface area contributed by atoms with Crippen LogP contribution in [0.4, 0.5) is 14.9 Å². The van der Waals surface area contributed by atoms with Crippen molar-refractivity contribution in [3.8, 4) is 11.5 Å². The van der Waals surface area contributed by atoms with Crippen LogP contribution in [0.15, 0.2) is 72.3 Å². The van der Waals surface area contributed by atoms with Gasteiger partial charge in [0, 0.05) is 0 Å². The molecule has 0 unspecified atom stereocenters. The second kappa shape index (κ2) is 9.76. The Labute approximate surface area is 199 Å². The molecular weight excluding hydrogens is 463 g/mol. The summed E-state index contributed by atoms with van der Waals surface area (Å²) in [5.41, 5.74) is 0.618. The normalized spacial score (nSPS) is 14.9. The van der Waals surface area contributed by atoms with Gasteiger partial charge < -0.3 is 9.47 Å². The van der Waals surface area contributed by atoms with Gasteiger partial charge in [0.1, 0.15) is 18.0 Å². The third-order valence-corrected chi connectivity index (χ3v) is 5.26. The third-order valence-electron chi connectivity index (χ3n) is 4.98. The lowest BCUT2D eigenvalue weighted by atomic mass is 10.1. The highest BCUT2D eigenvalue weighted by Gasteiger charge is 2.38. The number of urea groups is 1. The number of nitrogens with one attached hydrogen (secondary N) is 1. The number of para-hydroxylation sites is 1. The number of benzene rings is 3. The SMILES string of the molecule is COc1cc(/C=C2/C(=O)NC(=O)N(c3ccccc3F)C2=O)cc(Cl)c1OCc1ccccc1. The van der Waals surface area contributed by atoms with E-state index in [0.717, 1.165) is 11.6 Å². The zero-order chi connectivity index (χ0) is 24.2. The van der Waals surface area contributed by atoms with Crippen molar-refractivity contribution in [1.82, 2.24) is 5.32 Å².